The smallest absolute Gasteiger partial charge is 0.149 e. The van der Waals surface area contributed by atoms with Gasteiger partial charge in [-0.05, 0) is 70.7 Å². The summed E-state index contributed by atoms with van der Waals surface area (Å²) in [5.74, 6) is 1.47. The molecule has 0 saturated carbocycles. The first kappa shape index (κ1) is 25.2. The molecule has 0 spiro atoms. The van der Waals surface area contributed by atoms with Crippen molar-refractivity contribution in [1.82, 2.24) is 10.2 Å². The molecule has 1 aliphatic carbocycles. The van der Waals surface area contributed by atoms with Gasteiger partial charge in [0.25, 0.3) is 0 Å². The number of nitrogens with one attached hydrogen (secondary N) is 1. The first-order chi connectivity index (χ1) is 19.7. The van der Waals surface area contributed by atoms with Crippen LogP contribution in [0.1, 0.15) is 50.9 Å². The van der Waals surface area contributed by atoms with Crippen molar-refractivity contribution >= 4 is 30.4 Å². The fraction of sp³-hybridized carbons (Fsp3) is 0.0833. The molecule has 5 aromatic rings. The zero-order valence-electron chi connectivity index (χ0n) is 22.3. The summed E-state index contributed by atoms with van der Waals surface area (Å²) in [6.07, 6.45) is 13.3. The summed E-state index contributed by atoms with van der Waals surface area (Å²) >= 11 is 0. The van der Waals surface area contributed by atoms with E-state index in [1.165, 1.54) is 16.7 Å². The van der Waals surface area contributed by atoms with E-state index < -0.39 is 0 Å². The minimum Gasteiger partial charge on any atom is -0.496 e. The predicted molar refractivity (Wildman–Crippen MR) is 164 cm³/mol. The third kappa shape index (κ3) is 5.82. The fourth-order valence-electron chi connectivity index (χ4n) is 4.89. The summed E-state index contributed by atoms with van der Waals surface area (Å²) in [6, 6.07) is 35.0. The predicted octanol–water partition coefficient (Wildman–Crippen LogP) is 8.50. The van der Waals surface area contributed by atoms with Crippen LogP contribution in [-0.4, -0.2) is 17.3 Å². The molecule has 0 aliphatic heterocycles. The topological polar surface area (TPSA) is 47.1 Å². The van der Waals surface area contributed by atoms with Gasteiger partial charge in [-0.1, -0.05) is 97.1 Å². The largest absolute Gasteiger partial charge is 0.496 e. The Balaban J connectivity index is 1.17. The van der Waals surface area contributed by atoms with Gasteiger partial charge in [-0.2, -0.15) is 5.10 Å². The maximum Gasteiger partial charge on any atom is 0.149 e. The summed E-state index contributed by atoms with van der Waals surface area (Å²) < 4.78 is 12.2. The standard InChI is InChI=1S/C36H30N2O2/c1-39-35-25-34(40-36(29-9-4-2-5-10-29)30-11-6-3-7-12-30)22-19-28(35)18-21-33-24-32(37-38-33)20-16-26-15-17-27-13-8-14-31(27)23-26/h2-13,15-25,36H,14H2,1H3,(H,37,38)/b20-16+,21-18+. The number of aromatic amines is 1. The highest BCUT2D eigenvalue weighted by molar-refractivity contribution is 5.75. The molecule has 0 unspecified atom stereocenters. The van der Waals surface area contributed by atoms with Crippen LogP contribution in [0.25, 0.3) is 30.4 Å². The summed E-state index contributed by atoms with van der Waals surface area (Å²) in [5.41, 5.74) is 8.78. The van der Waals surface area contributed by atoms with Crippen molar-refractivity contribution in [2.45, 2.75) is 12.5 Å². The lowest BCUT2D eigenvalue weighted by atomic mass is 10.0. The third-order valence-corrected chi connectivity index (χ3v) is 6.97. The van der Waals surface area contributed by atoms with Crippen LogP contribution in [0.15, 0.2) is 109 Å². The van der Waals surface area contributed by atoms with Gasteiger partial charge in [-0.3, -0.25) is 5.10 Å². The third-order valence-electron chi connectivity index (χ3n) is 6.97. The normalized spacial score (nSPS) is 12.4. The highest BCUT2D eigenvalue weighted by atomic mass is 16.5. The van der Waals surface area contributed by atoms with Crippen LogP contribution in [-0.2, 0) is 6.42 Å². The van der Waals surface area contributed by atoms with Gasteiger partial charge >= 0.3 is 0 Å². The molecule has 4 nitrogen and oxygen atoms in total. The number of methoxy groups -OCH3 is 1. The number of rotatable bonds is 9. The molecular formula is C36H30N2O2. The van der Waals surface area contributed by atoms with Gasteiger partial charge in [0.05, 0.1) is 18.5 Å². The molecule has 6 rings (SSSR count). The van der Waals surface area contributed by atoms with Crippen molar-refractivity contribution in [3.05, 3.63) is 154 Å². The van der Waals surface area contributed by atoms with E-state index >= 15 is 0 Å². The van der Waals surface area contributed by atoms with Crippen molar-refractivity contribution < 1.29 is 9.47 Å². The lowest BCUT2D eigenvalue weighted by Crippen LogP contribution is -2.09. The Morgan fingerprint density at radius 3 is 2.30 bits per heavy atom. The monoisotopic (exact) mass is 522 g/mol. The van der Waals surface area contributed by atoms with Crippen LogP contribution < -0.4 is 9.47 Å². The molecule has 196 valence electrons. The molecule has 40 heavy (non-hydrogen) atoms. The first-order valence-electron chi connectivity index (χ1n) is 13.4. The van der Waals surface area contributed by atoms with E-state index in [4.69, 9.17) is 9.47 Å². The molecule has 4 heteroatoms. The molecule has 0 bridgehead atoms. The van der Waals surface area contributed by atoms with Gasteiger partial charge in [0.15, 0.2) is 0 Å². The van der Waals surface area contributed by atoms with Crippen molar-refractivity contribution in [1.29, 1.82) is 0 Å². The van der Waals surface area contributed by atoms with Crippen molar-refractivity contribution in [3.8, 4) is 11.5 Å². The van der Waals surface area contributed by atoms with Crippen LogP contribution in [0, 0.1) is 0 Å². The second-order valence-electron chi connectivity index (χ2n) is 9.70. The van der Waals surface area contributed by atoms with E-state index in [0.717, 1.165) is 46.0 Å². The van der Waals surface area contributed by atoms with E-state index in [1.54, 1.807) is 7.11 Å². The van der Waals surface area contributed by atoms with Gasteiger partial charge < -0.3 is 9.47 Å². The Morgan fingerprint density at radius 2 is 1.55 bits per heavy atom. The number of allylic oxidation sites excluding steroid dienone is 1. The Kier molecular flexibility index (Phi) is 7.40. The number of ether oxygens (including phenoxy) is 2. The summed E-state index contributed by atoms with van der Waals surface area (Å²) in [5, 5.41) is 7.54. The van der Waals surface area contributed by atoms with Crippen LogP contribution in [0.2, 0.25) is 0 Å². The molecule has 0 amide bonds. The molecule has 1 aliphatic rings. The highest BCUT2D eigenvalue weighted by Gasteiger charge is 2.16. The highest BCUT2D eigenvalue weighted by Crippen LogP contribution is 2.32. The van der Waals surface area contributed by atoms with Gasteiger partial charge in [-0.15, -0.1) is 0 Å². The number of hydrogen-bond acceptors (Lipinski definition) is 3. The number of nitrogens with zero attached hydrogens (tertiary/aromatic N) is 1. The van der Waals surface area contributed by atoms with E-state index in [2.05, 4.69) is 70.9 Å². The zero-order chi connectivity index (χ0) is 27.1. The van der Waals surface area contributed by atoms with Crippen molar-refractivity contribution in [2.24, 2.45) is 0 Å². The van der Waals surface area contributed by atoms with Crippen LogP contribution >= 0.6 is 0 Å². The summed E-state index contributed by atoms with van der Waals surface area (Å²) in [7, 11) is 1.68. The van der Waals surface area contributed by atoms with Gasteiger partial charge in [0.1, 0.15) is 17.6 Å². The fourth-order valence-corrected chi connectivity index (χ4v) is 4.89. The molecule has 1 N–H and O–H groups in total. The number of benzene rings is 4. The molecule has 4 aromatic carbocycles. The molecule has 0 atom stereocenters. The second kappa shape index (κ2) is 11.7. The SMILES string of the molecule is COc1cc(OC(c2ccccc2)c2ccccc2)ccc1/C=C/c1cc(/C=C/c2ccc3c(c2)CC=C3)n[nH]1. The van der Waals surface area contributed by atoms with E-state index in [0.29, 0.717) is 0 Å². The summed E-state index contributed by atoms with van der Waals surface area (Å²) in [4.78, 5) is 0. The average molecular weight is 523 g/mol. The molecular weight excluding hydrogens is 492 g/mol. The van der Waals surface area contributed by atoms with E-state index in [1.807, 2.05) is 78.9 Å². The number of aromatic nitrogens is 2. The molecule has 1 aromatic heterocycles. The Labute approximate surface area is 234 Å². The average Bonchev–Trinajstić information content (AvgIpc) is 3.68. The molecule has 1 heterocycles. The minimum absolute atomic E-state index is 0.224. The Bertz CT molecular complexity index is 1640. The van der Waals surface area contributed by atoms with Crippen molar-refractivity contribution in [2.75, 3.05) is 7.11 Å². The van der Waals surface area contributed by atoms with Crippen LogP contribution in [0.3, 0.4) is 0 Å². The number of hydrogen-bond donors (Lipinski definition) is 1. The maximum atomic E-state index is 6.51. The van der Waals surface area contributed by atoms with Crippen LogP contribution in [0.4, 0.5) is 0 Å². The molecule has 0 fully saturated rings. The van der Waals surface area contributed by atoms with Crippen molar-refractivity contribution in [3.63, 3.8) is 0 Å². The Hall–Kier alpha value is -5.09. The van der Waals surface area contributed by atoms with E-state index in [9.17, 15) is 0 Å². The lowest BCUT2D eigenvalue weighted by Gasteiger charge is -2.21. The maximum absolute atomic E-state index is 6.51. The van der Waals surface area contributed by atoms with Gasteiger partial charge in [-0.25, -0.2) is 0 Å². The molecule has 0 radical (unpaired) electrons. The minimum atomic E-state index is -0.224. The van der Waals surface area contributed by atoms with Gasteiger partial charge in [0.2, 0.25) is 0 Å². The van der Waals surface area contributed by atoms with Gasteiger partial charge in [0, 0.05) is 11.6 Å². The van der Waals surface area contributed by atoms with E-state index in [-0.39, 0.29) is 6.10 Å². The lowest BCUT2D eigenvalue weighted by molar-refractivity contribution is 0.246. The zero-order valence-corrected chi connectivity index (χ0v) is 22.3. The Morgan fingerprint density at radius 1 is 0.775 bits per heavy atom. The number of H-pyrrole nitrogens is 1. The quantitative estimate of drug-likeness (QED) is 0.211. The summed E-state index contributed by atoms with van der Waals surface area (Å²) in [6.45, 7) is 0. The molecule has 0 saturated heterocycles. The van der Waals surface area contributed by atoms with Crippen LogP contribution in [0.5, 0.6) is 11.5 Å². The number of fused-ring (bicyclic) bond motifs is 1. The first-order valence-corrected chi connectivity index (χ1v) is 13.4. The second-order valence-corrected chi connectivity index (χ2v) is 9.70.